The van der Waals surface area contributed by atoms with E-state index < -0.39 is 0 Å². The molecule has 126 valence electrons. The van der Waals surface area contributed by atoms with Crippen LogP contribution in [0, 0.1) is 0 Å². The van der Waals surface area contributed by atoms with E-state index in [1.807, 2.05) is 48.7 Å². The predicted molar refractivity (Wildman–Crippen MR) is 99.2 cm³/mol. The van der Waals surface area contributed by atoms with Gasteiger partial charge in [-0.1, -0.05) is 36.0 Å². The molecule has 3 heterocycles. The van der Waals surface area contributed by atoms with E-state index in [0.717, 1.165) is 10.9 Å². The molecule has 4 rings (SSSR count). The minimum atomic E-state index is -0.285. The normalized spacial score (nSPS) is 12.5. The first-order valence-corrected chi connectivity index (χ1v) is 9.54. The number of H-pyrrole nitrogens is 1. The zero-order chi connectivity index (χ0) is 17.2. The topological polar surface area (TPSA) is 76.5 Å². The highest BCUT2D eigenvalue weighted by molar-refractivity contribution is 8.00. The first-order valence-electron chi connectivity index (χ1n) is 7.78. The molecule has 0 unspecified atom stereocenters. The Morgan fingerprint density at radius 3 is 3.04 bits per heavy atom. The average Bonchev–Trinajstić information content (AvgIpc) is 3.36. The zero-order valence-corrected chi connectivity index (χ0v) is 15.0. The van der Waals surface area contributed by atoms with Gasteiger partial charge in [-0.25, -0.2) is 4.68 Å². The van der Waals surface area contributed by atoms with Crippen molar-refractivity contribution in [1.82, 2.24) is 25.2 Å². The lowest BCUT2D eigenvalue weighted by Gasteiger charge is -2.09. The molecule has 1 aromatic carbocycles. The highest BCUT2D eigenvalue weighted by atomic mass is 32.2. The molecule has 0 fully saturated rings. The quantitative estimate of drug-likeness (QED) is 0.415. The van der Waals surface area contributed by atoms with Gasteiger partial charge < -0.3 is 4.98 Å². The Morgan fingerprint density at radius 2 is 2.20 bits per heavy atom. The van der Waals surface area contributed by atoms with Crippen molar-refractivity contribution in [3.8, 4) is 0 Å². The Hall–Kier alpha value is -2.45. The van der Waals surface area contributed by atoms with E-state index >= 15 is 0 Å². The molecular formula is C17H15N5OS2. The van der Waals surface area contributed by atoms with Crippen LogP contribution >= 0.6 is 23.1 Å². The van der Waals surface area contributed by atoms with Crippen molar-refractivity contribution in [1.29, 1.82) is 0 Å². The van der Waals surface area contributed by atoms with Crippen molar-refractivity contribution in [3.05, 3.63) is 58.4 Å². The molecule has 0 aliphatic carbocycles. The van der Waals surface area contributed by atoms with Crippen LogP contribution < -0.4 is 0 Å². The number of aromatic nitrogens is 5. The summed E-state index contributed by atoms with van der Waals surface area (Å²) in [5.41, 5.74) is 1.67. The molecule has 4 aromatic rings. The monoisotopic (exact) mass is 369 g/mol. The van der Waals surface area contributed by atoms with E-state index in [1.54, 1.807) is 22.2 Å². The third-order valence-corrected chi connectivity index (χ3v) is 5.82. The van der Waals surface area contributed by atoms with Gasteiger partial charge in [0.15, 0.2) is 5.78 Å². The summed E-state index contributed by atoms with van der Waals surface area (Å²) in [6, 6.07) is 11.8. The Bertz CT molecular complexity index is 1010. The van der Waals surface area contributed by atoms with Crippen LogP contribution in [0.4, 0.5) is 0 Å². The largest absolute Gasteiger partial charge is 0.360 e. The number of carbonyl (C=O) groups excluding carboxylic acids is 1. The molecule has 0 radical (unpaired) electrons. The van der Waals surface area contributed by atoms with E-state index in [9.17, 15) is 4.79 Å². The fraction of sp³-hybridized carbons (Fsp3) is 0.176. The maximum Gasteiger partial charge on any atom is 0.210 e. The number of benzene rings is 1. The number of fused-ring (bicyclic) bond motifs is 1. The summed E-state index contributed by atoms with van der Waals surface area (Å²) in [6.07, 6.45) is 1.78. The van der Waals surface area contributed by atoms with Crippen molar-refractivity contribution in [2.45, 2.75) is 23.9 Å². The van der Waals surface area contributed by atoms with Crippen LogP contribution in [0.2, 0.25) is 0 Å². The van der Waals surface area contributed by atoms with Crippen LogP contribution in [0.15, 0.2) is 53.1 Å². The summed E-state index contributed by atoms with van der Waals surface area (Å²) >= 11 is 3.04. The van der Waals surface area contributed by atoms with Crippen molar-refractivity contribution >= 4 is 39.8 Å². The summed E-state index contributed by atoms with van der Waals surface area (Å²) in [5.74, 6) is 0.0631. The maximum atomic E-state index is 12.9. The van der Waals surface area contributed by atoms with E-state index in [-0.39, 0.29) is 11.0 Å². The number of rotatable bonds is 6. The van der Waals surface area contributed by atoms with Gasteiger partial charge in [0.05, 0.1) is 11.8 Å². The fourth-order valence-electron chi connectivity index (χ4n) is 2.64. The molecule has 0 amide bonds. The first kappa shape index (κ1) is 16.0. The van der Waals surface area contributed by atoms with Gasteiger partial charge in [0, 0.05) is 27.5 Å². The predicted octanol–water partition coefficient (Wildman–Crippen LogP) is 3.63. The average molecular weight is 369 g/mol. The van der Waals surface area contributed by atoms with Crippen LogP contribution in [0.5, 0.6) is 0 Å². The molecule has 6 nitrogen and oxygen atoms in total. The molecule has 0 aliphatic rings. The minimum absolute atomic E-state index is 0.0631. The van der Waals surface area contributed by atoms with E-state index in [4.69, 9.17) is 0 Å². The minimum Gasteiger partial charge on any atom is -0.360 e. The van der Waals surface area contributed by atoms with Crippen LogP contribution in [-0.4, -0.2) is 36.2 Å². The molecule has 1 N–H and O–H groups in total. The number of thioether (sulfide) groups is 1. The molecule has 8 heteroatoms. The standard InChI is InChI=1S/C17H15N5OS2/c1-11(16(23)14-9-18-15-7-3-2-6-13(14)15)25-17-19-20-21-22(17)10-12-5-4-8-24-12/h2-9,11,18H,10H2,1H3/t11-/m1/s1. The summed E-state index contributed by atoms with van der Waals surface area (Å²) in [4.78, 5) is 17.2. The number of Topliss-reactive ketones (excluding diaryl/α,β-unsaturated/α-hetero) is 1. The maximum absolute atomic E-state index is 12.9. The highest BCUT2D eigenvalue weighted by Crippen LogP contribution is 2.27. The molecule has 0 bridgehead atoms. The number of ketones is 1. The molecule has 25 heavy (non-hydrogen) atoms. The Balaban J connectivity index is 1.53. The lowest BCUT2D eigenvalue weighted by molar-refractivity contribution is 0.0995. The molecule has 0 spiro atoms. The van der Waals surface area contributed by atoms with Crippen LogP contribution in [0.3, 0.4) is 0 Å². The molecule has 1 atom stereocenters. The number of aromatic amines is 1. The van der Waals surface area contributed by atoms with Gasteiger partial charge >= 0.3 is 0 Å². The smallest absolute Gasteiger partial charge is 0.210 e. The Labute approximate surface area is 152 Å². The summed E-state index contributed by atoms with van der Waals surface area (Å²) < 4.78 is 1.73. The van der Waals surface area contributed by atoms with Gasteiger partial charge in [-0.3, -0.25) is 4.79 Å². The van der Waals surface area contributed by atoms with Gasteiger partial charge in [-0.2, -0.15) is 0 Å². The third kappa shape index (κ3) is 3.22. The number of tetrazole rings is 1. The Kier molecular flexibility index (Phi) is 4.37. The molecule has 0 aliphatic heterocycles. The van der Waals surface area contributed by atoms with Gasteiger partial charge in [-0.15, -0.1) is 16.4 Å². The number of carbonyl (C=O) groups is 1. The highest BCUT2D eigenvalue weighted by Gasteiger charge is 2.22. The molecular weight excluding hydrogens is 354 g/mol. The number of hydrogen-bond donors (Lipinski definition) is 1. The SMILES string of the molecule is C[C@@H](Sc1nnnn1Cc1cccs1)C(=O)c1c[nH]c2ccccc12. The van der Waals surface area contributed by atoms with E-state index in [0.29, 0.717) is 17.3 Å². The van der Waals surface area contributed by atoms with Crippen LogP contribution in [-0.2, 0) is 6.54 Å². The van der Waals surface area contributed by atoms with E-state index in [1.165, 1.54) is 16.6 Å². The second-order valence-electron chi connectivity index (χ2n) is 5.57. The number of para-hydroxylation sites is 1. The van der Waals surface area contributed by atoms with Crippen molar-refractivity contribution in [2.24, 2.45) is 0 Å². The second-order valence-corrected chi connectivity index (χ2v) is 7.91. The first-order chi connectivity index (χ1) is 12.2. The van der Waals surface area contributed by atoms with Crippen molar-refractivity contribution in [2.75, 3.05) is 0 Å². The number of nitrogens with one attached hydrogen (secondary N) is 1. The molecule has 0 saturated heterocycles. The lowest BCUT2D eigenvalue weighted by atomic mass is 10.1. The second kappa shape index (κ2) is 6.81. The van der Waals surface area contributed by atoms with Gasteiger partial charge in [0.1, 0.15) is 0 Å². The van der Waals surface area contributed by atoms with Gasteiger partial charge in [0.25, 0.3) is 0 Å². The van der Waals surface area contributed by atoms with Crippen LogP contribution in [0.1, 0.15) is 22.2 Å². The summed E-state index contributed by atoms with van der Waals surface area (Å²) in [5, 5.41) is 15.2. The van der Waals surface area contributed by atoms with Crippen molar-refractivity contribution in [3.63, 3.8) is 0 Å². The van der Waals surface area contributed by atoms with E-state index in [2.05, 4.69) is 20.5 Å². The Morgan fingerprint density at radius 1 is 1.32 bits per heavy atom. The number of thiophene rings is 1. The molecule has 3 aromatic heterocycles. The van der Waals surface area contributed by atoms with Crippen molar-refractivity contribution < 1.29 is 4.79 Å². The fourth-order valence-corrected chi connectivity index (χ4v) is 4.18. The summed E-state index contributed by atoms with van der Waals surface area (Å²) in [6.45, 7) is 2.50. The summed E-state index contributed by atoms with van der Waals surface area (Å²) in [7, 11) is 0. The van der Waals surface area contributed by atoms with Gasteiger partial charge in [-0.05, 0) is 34.9 Å². The third-order valence-electron chi connectivity index (χ3n) is 3.89. The molecule has 0 saturated carbocycles. The number of hydrogen-bond acceptors (Lipinski definition) is 6. The van der Waals surface area contributed by atoms with Gasteiger partial charge in [0.2, 0.25) is 5.16 Å². The number of nitrogens with zero attached hydrogens (tertiary/aromatic N) is 4. The van der Waals surface area contributed by atoms with Crippen LogP contribution in [0.25, 0.3) is 10.9 Å². The lowest BCUT2D eigenvalue weighted by Crippen LogP contribution is -2.14. The zero-order valence-electron chi connectivity index (χ0n) is 13.4.